The molecular weight excluding hydrogens is 390 g/mol. The Bertz CT molecular complexity index is 1250. The minimum Gasteiger partial charge on any atom is -0.386 e. The highest BCUT2D eigenvalue weighted by Gasteiger charge is 2.18. The Kier molecular flexibility index (Phi) is 6.53. The Morgan fingerprint density at radius 1 is 0.844 bits per heavy atom. The van der Waals surface area contributed by atoms with Crippen molar-refractivity contribution in [1.29, 1.82) is 0 Å². The molecule has 4 aromatic rings. The largest absolute Gasteiger partial charge is 0.386 e. The zero-order valence-electron chi connectivity index (χ0n) is 19.2. The fourth-order valence-electron chi connectivity index (χ4n) is 4.19. The molecule has 4 rings (SSSR count). The van der Waals surface area contributed by atoms with Crippen molar-refractivity contribution >= 4 is 23.1 Å². The predicted octanol–water partition coefficient (Wildman–Crippen LogP) is 7.12. The highest BCUT2D eigenvalue weighted by molar-refractivity contribution is 5.81. The summed E-state index contributed by atoms with van der Waals surface area (Å²) in [5.74, 6) is 0. The van der Waals surface area contributed by atoms with Crippen LogP contribution in [0, 0.1) is 6.92 Å². The van der Waals surface area contributed by atoms with Crippen LogP contribution in [0.4, 0.5) is 0 Å². The monoisotopic (exact) mass is 421 g/mol. The average Bonchev–Trinajstić information content (AvgIpc) is 2.77. The second-order valence-electron chi connectivity index (χ2n) is 9.08. The molecule has 0 aliphatic carbocycles. The number of hydrogen-bond donors (Lipinski definition) is 1. The van der Waals surface area contributed by atoms with Gasteiger partial charge in [0.15, 0.2) is 0 Å². The molecule has 2 nitrogen and oxygen atoms in total. The van der Waals surface area contributed by atoms with Gasteiger partial charge in [0.25, 0.3) is 0 Å². The van der Waals surface area contributed by atoms with Crippen LogP contribution in [0.1, 0.15) is 53.8 Å². The lowest BCUT2D eigenvalue weighted by molar-refractivity contribution is 0.0776. The third kappa shape index (κ3) is 5.52. The Labute approximate surface area is 191 Å². The van der Waals surface area contributed by atoms with E-state index in [0.717, 1.165) is 36.0 Å². The van der Waals surface area contributed by atoms with Crippen molar-refractivity contribution in [3.8, 4) is 0 Å². The molecule has 0 amide bonds. The Hall–Kier alpha value is -3.23. The van der Waals surface area contributed by atoms with E-state index in [9.17, 15) is 5.11 Å². The van der Waals surface area contributed by atoms with Crippen molar-refractivity contribution in [2.45, 2.75) is 45.6 Å². The second-order valence-corrected chi connectivity index (χ2v) is 9.08. The highest BCUT2D eigenvalue weighted by atomic mass is 16.3. The topological polar surface area (TPSA) is 33.1 Å². The number of aromatic nitrogens is 1. The number of benzene rings is 3. The van der Waals surface area contributed by atoms with Gasteiger partial charge in [0.05, 0.1) is 16.8 Å². The minimum atomic E-state index is -0.809. The van der Waals surface area contributed by atoms with Gasteiger partial charge in [-0.3, -0.25) is 0 Å². The van der Waals surface area contributed by atoms with E-state index in [1.807, 2.05) is 26.0 Å². The summed E-state index contributed by atoms with van der Waals surface area (Å²) in [7, 11) is 0. The summed E-state index contributed by atoms with van der Waals surface area (Å²) in [6.45, 7) is 5.80. The molecule has 0 radical (unpaired) electrons. The molecule has 32 heavy (non-hydrogen) atoms. The van der Waals surface area contributed by atoms with E-state index in [1.54, 1.807) is 0 Å². The van der Waals surface area contributed by atoms with E-state index >= 15 is 0 Å². The molecule has 0 unspecified atom stereocenters. The molecule has 3 aromatic carbocycles. The predicted molar refractivity (Wildman–Crippen MR) is 136 cm³/mol. The summed E-state index contributed by atoms with van der Waals surface area (Å²) < 4.78 is 0. The smallest absolute Gasteiger partial charge is 0.0843 e. The molecule has 162 valence electrons. The summed E-state index contributed by atoms with van der Waals surface area (Å²) >= 11 is 0. The zero-order valence-corrected chi connectivity index (χ0v) is 19.2. The van der Waals surface area contributed by atoms with Crippen LogP contribution in [0.3, 0.4) is 0 Å². The third-order valence-corrected chi connectivity index (χ3v) is 5.85. The number of pyridine rings is 1. The maximum Gasteiger partial charge on any atom is 0.0843 e. The maximum atomic E-state index is 10.4. The quantitative estimate of drug-likeness (QED) is 0.345. The molecular formula is C30H31NO. The van der Waals surface area contributed by atoms with Crippen LogP contribution in [0.25, 0.3) is 23.1 Å². The molecule has 0 atom stereocenters. The lowest BCUT2D eigenvalue weighted by Gasteiger charge is -2.21. The normalized spacial score (nSPS) is 12.0. The van der Waals surface area contributed by atoms with Gasteiger partial charge in [-0.2, -0.15) is 0 Å². The summed E-state index contributed by atoms with van der Waals surface area (Å²) in [5.41, 5.74) is 7.19. The maximum absolute atomic E-state index is 10.4. The van der Waals surface area contributed by atoms with Crippen molar-refractivity contribution in [2.24, 2.45) is 0 Å². The summed E-state index contributed by atoms with van der Waals surface area (Å²) in [5, 5.41) is 11.6. The second kappa shape index (κ2) is 9.50. The molecule has 0 fully saturated rings. The Morgan fingerprint density at radius 2 is 1.66 bits per heavy atom. The van der Waals surface area contributed by atoms with E-state index < -0.39 is 5.60 Å². The lowest BCUT2D eigenvalue weighted by Crippen LogP contribution is -2.18. The molecule has 0 aliphatic rings. The summed E-state index contributed by atoms with van der Waals surface area (Å²) in [6.07, 6.45) is 7.24. The first-order valence-corrected chi connectivity index (χ1v) is 11.3. The van der Waals surface area contributed by atoms with Crippen LogP contribution in [-0.2, 0) is 18.4 Å². The molecule has 0 saturated heterocycles. The molecule has 2 heteroatoms. The first-order valence-electron chi connectivity index (χ1n) is 11.3. The average molecular weight is 422 g/mol. The van der Waals surface area contributed by atoms with Crippen molar-refractivity contribution in [3.63, 3.8) is 0 Å². The van der Waals surface area contributed by atoms with Gasteiger partial charge in [-0.1, -0.05) is 72.8 Å². The molecule has 0 aliphatic heterocycles. The van der Waals surface area contributed by atoms with Crippen molar-refractivity contribution in [2.75, 3.05) is 0 Å². The highest BCUT2D eigenvalue weighted by Crippen LogP contribution is 2.25. The molecule has 0 bridgehead atoms. The number of aliphatic hydroxyl groups is 1. The summed E-state index contributed by atoms with van der Waals surface area (Å²) in [4.78, 5) is 4.78. The van der Waals surface area contributed by atoms with Crippen molar-refractivity contribution in [1.82, 2.24) is 4.98 Å². The number of nitrogens with zero attached hydrogens (tertiary/aromatic N) is 1. The van der Waals surface area contributed by atoms with Crippen molar-refractivity contribution in [3.05, 3.63) is 112 Å². The summed E-state index contributed by atoms with van der Waals surface area (Å²) in [6, 6.07) is 27.5. The molecule has 1 N–H and O–H groups in total. The fraction of sp³-hybridized carbons (Fsp3) is 0.233. The lowest BCUT2D eigenvalue weighted by atomic mass is 9.90. The van der Waals surface area contributed by atoms with E-state index in [-0.39, 0.29) is 0 Å². The van der Waals surface area contributed by atoms with Crippen LogP contribution < -0.4 is 0 Å². The van der Waals surface area contributed by atoms with Gasteiger partial charge in [0.1, 0.15) is 0 Å². The first kappa shape index (κ1) is 22.0. The number of aryl methyl sites for hydroxylation is 3. The van der Waals surface area contributed by atoms with Gasteiger partial charge >= 0.3 is 0 Å². The van der Waals surface area contributed by atoms with Gasteiger partial charge in [0.2, 0.25) is 0 Å². The van der Waals surface area contributed by atoms with Gasteiger partial charge in [-0.05, 0) is 86.1 Å². The fourth-order valence-corrected chi connectivity index (χ4v) is 4.19. The standard InChI is InChI=1S/C30H31NO/c1-22-14-16-26-17-19-27(31-29(26)20-22)18-15-24-9-6-8-23(21-24)10-7-12-25-11-4-5-13-28(25)30(2,3)32/h4-6,8-9,11,13-21,32H,7,10,12H2,1-3H3/b18-15+. The minimum absolute atomic E-state index is 0.809. The van der Waals surface area contributed by atoms with Gasteiger partial charge < -0.3 is 5.11 Å². The van der Waals surface area contributed by atoms with Crippen LogP contribution in [0.2, 0.25) is 0 Å². The van der Waals surface area contributed by atoms with Gasteiger partial charge in [0, 0.05) is 5.39 Å². The van der Waals surface area contributed by atoms with E-state index in [1.165, 1.54) is 27.6 Å². The van der Waals surface area contributed by atoms with E-state index in [0.29, 0.717) is 0 Å². The van der Waals surface area contributed by atoms with E-state index in [2.05, 4.69) is 85.8 Å². The molecule has 1 heterocycles. The van der Waals surface area contributed by atoms with Gasteiger partial charge in [-0.15, -0.1) is 0 Å². The molecule has 0 saturated carbocycles. The number of fused-ring (bicyclic) bond motifs is 1. The van der Waals surface area contributed by atoms with Crippen LogP contribution >= 0.6 is 0 Å². The zero-order chi connectivity index (χ0) is 22.6. The number of hydrogen-bond acceptors (Lipinski definition) is 2. The van der Waals surface area contributed by atoms with Crippen molar-refractivity contribution < 1.29 is 5.11 Å². The van der Waals surface area contributed by atoms with Crippen LogP contribution in [-0.4, -0.2) is 10.1 Å². The molecule has 0 spiro atoms. The van der Waals surface area contributed by atoms with E-state index in [4.69, 9.17) is 4.98 Å². The van der Waals surface area contributed by atoms with Crippen LogP contribution in [0.5, 0.6) is 0 Å². The molecule has 1 aromatic heterocycles. The third-order valence-electron chi connectivity index (χ3n) is 5.85. The Balaban J connectivity index is 1.42. The Morgan fingerprint density at radius 3 is 2.50 bits per heavy atom. The SMILES string of the molecule is Cc1ccc2ccc(/C=C/c3cccc(CCCc4ccccc4C(C)(C)O)c3)nc2c1. The van der Waals surface area contributed by atoms with Crippen LogP contribution in [0.15, 0.2) is 78.9 Å². The van der Waals surface area contributed by atoms with Gasteiger partial charge in [-0.25, -0.2) is 4.98 Å². The number of rotatable bonds is 7. The first-order chi connectivity index (χ1) is 15.4.